The van der Waals surface area contributed by atoms with Crippen molar-refractivity contribution in [2.24, 2.45) is 0 Å². The van der Waals surface area contributed by atoms with Gasteiger partial charge in [-0.25, -0.2) is 0 Å². The maximum absolute atomic E-state index is 6.12. The first-order valence-electron chi connectivity index (χ1n) is 5.11. The molecule has 0 saturated heterocycles. The molecule has 2 nitrogen and oxygen atoms in total. The number of hydrogen-bond acceptors (Lipinski definition) is 1. The molecule has 1 heterocycles. The van der Waals surface area contributed by atoms with E-state index in [2.05, 4.69) is 31.4 Å². The predicted molar refractivity (Wildman–Crippen MR) is 64.4 cm³/mol. The molecule has 2 N–H and O–H groups in total. The lowest BCUT2D eigenvalue weighted by molar-refractivity contribution is 1.07. The second-order valence-electron chi connectivity index (χ2n) is 3.97. The van der Waals surface area contributed by atoms with Gasteiger partial charge in [-0.1, -0.05) is 0 Å². The maximum Gasteiger partial charge on any atom is 0.0686 e. The Morgan fingerprint density at radius 2 is 1.60 bits per heavy atom. The highest BCUT2D eigenvalue weighted by atomic mass is 15.0. The minimum absolute atomic E-state index is 0.870. The summed E-state index contributed by atoms with van der Waals surface area (Å²) >= 11 is 0. The van der Waals surface area contributed by atoms with Crippen LogP contribution in [-0.2, 0) is 0 Å². The van der Waals surface area contributed by atoms with Crippen LogP contribution in [0.2, 0.25) is 0 Å². The van der Waals surface area contributed by atoms with Crippen LogP contribution in [-0.4, -0.2) is 4.57 Å². The Balaban J connectivity index is 2.69. The largest absolute Gasteiger partial charge is 0.397 e. The van der Waals surface area contributed by atoms with Crippen LogP contribution in [0.25, 0.3) is 5.69 Å². The maximum atomic E-state index is 6.12. The lowest BCUT2D eigenvalue weighted by atomic mass is 10.0. The summed E-state index contributed by atoms with van der Waals surface area (Å²) in [5, 5.41) is 0. The number of aryl methyl sites for hydroxylation is 1. The Labute approximate surface area is 90.3 Å². The van der Waals surface area contributed by atoms with Gasteiger partial charge in [0.25, 0.3) is 0 Å². The first-order chi connectivity index (χ1) is 7.11. The number of anilines is 1. The standard InChI is InChI=1S/C13H16N2/c1-9-8-12(15-6-4-5-7-15)13(14)11(3)10(9)2/h4-8H,14H2,1-3H3. The normalized spacial score (nSPS) is 10.6. The zero-order valence-corrected chi connectivity index (χ0v) is 9.41. The van der Waals surface area contributed by atoms with Crippen molar-refractivity contribution in [2.75, 3.05) is 5.73 Å². The molecular formula is C13H16N2. The molecule has 2 heteroatoms. The lowest BCUT2D eigenvalue weighted by Gasteiger charge is -2.14. The first-order valence-corrected chi connectivity index (χ1v) is 5.11. The average molecular weight is 200 g/mol. The van der Waals surface area contributed by atoms with Gasteiger partial charge in [0, 0.05) is 12.4 Å². The molecule has 15 heavy (non-hydrogen) atoms. The highest BCUT2D eigenvalue weighted by Crippen LogP contribution is 2.26. The van der Waals surface area contributed by atoms with Gasteiger partial charge in [0.1, 0.15) is 0 Å². The molecule has 0 spiro atoms. The number of benzene rings is 1. The zero-order chi connectivity index (χ0) is 11.0. The molecule has 0 unspecified atom stereocenters. The van der Waals surface area contributed by atoms with Crippen LogP contribution >= 0.6 is 0 Å². The van der Waals surface area contributed by atoms with Crippen molar-refractivity contribution in [2.45, 2.75) is 20.8 Å². The van der Waals surface area contributed by atoms with Crippen LogP contribution in [0.1, 0.15) is 16.7 Å². The Hall–Kier alpha value is -1.70. The average Bonchev–Trinajstić information content (AvgIpc) is 2.73. The molecule has 0 amide bonds. The molecule has 2 rings (SSSR count). The summed E-state index contributed by atoms with van der Waals surface area (Å²) in [5.74, 6) is 0. The van der Waals surface area contributed by atoms with Gasteiger partial charge < -0.3 is 10.3 Å². The number of nitrogens with zero attached hydrogens (tertiary/aromatic N) is 1. The van der Waals surface area contributed by atoms with E-state index in [1.807, 2.05) is 24.5 Å². The van der Waals surface area contributed by atoms with E-state index in [4.69, 9.17) is 5.73 Å². The van der Waals surface area contributed by atoms with E-state index in [0.717, 1.165) is 11.4 Å². The Bertz CT molecular complexity index is 482. The van der Waals surface area contributed by atoms with Crippen LogP contribution in [0.5, 0.6) is 0 Å². The highest BCUT2D eigenvalue weighted by Gasteiger charge is 2.08. The third kappa shape index (κ3) is 1.52. The summed E-state index contributed by atoms with van der Waals surface area (Å²) in [6.45, 7) is 6.31. The van der Waals surface area contributed by atoms with Crippen molar-refractivity contribution in [1.29, 1.82) is 0 Å². The summed E-state index contributed by atoms with van der Waals surface area (Å²) in [7, 11) is 0. The van der Waals surface area contributed by atoms with E-state index >= 15 is 0 Å². The molecule has 2 aromatic rings. The van der Waals surface area contributed by atoms with Crippen molar-refractivity contribution >= 4 is 5.69 Å². The Morgan fingerprint density at radius 1 is 1.00 bits per heavy atom. The van der Waals surface area contributed by atoms with E-state index in [1.165, 1.54) is 16.7 Å². The fourth-order valence-corrected chi connectivity index (χ4v) is 1.79. The molecule has 0 radical (unpaired) electrons. The van der Waals surface area contributed by atoms with Gasteiger partial charge in [-0.15, -0.1) is 0 Å². The van der Waals surface area contributed by atoms with Crippen molar-refractivity contribution in [3.8, 4) is 5.69 Å². The molecule has 0 aliphatic carbocycles. The van der Waals surface area contributed by atoms with Crippen molar-refractivity contribution in [3.63, 3.8) is 0 Å². The number of aromatic nitrogens is 1. The predicted octanol–water partition coefficient (Wildman–Crippen LogP) is 2.98. The van der Waals surface area contributed by atoms with Gasteiger partial charge in [0.15, 0.2) is 0 Å². The quantitative estimate of drug-likeness (QED) is 0.705. The van der Waals surface area contributed by atoms with Crippen LogP contribution in [0.4, 0.5) is 5.69 Å². The van der Waals surface area contributed by atoms with Gasteiger partial charge >= 0.3 is 0 Å². The fourth-order valence-electron chi connectivity index (χ4n) is 1.79. The molecule has 1 aromatic heterocycles. The van der Waals surface area contributed by atoms with E-state index < -0.39 is 0 Å². The first kappa shape index (κ1) is 9.84. The van der Waals surface area contributed by atoms with E-state index in [-0.39, 0.29) is 0 Å². The minimum Gasteiger partial charge on any atom is -0.397 e. The molecule has 0 saturated carbocycles. The summed E-state index contributed by atoms with van der Waals surface area (Å²) in [5.41, 5.74) is 11.8. The number of nitrogens with two attached hydrogens (primary N) is 1. The van der Waals surface area contributed by atoms with Gasteiger partial charge in [-0.05, 0) is 55.7 Å². The Kier molecular flexibility index (Phi) is 2.27. The smallest absolute Gasteiger partial charge is 0.0686 e. The second kappa shape index (κ2) is 3.46. The molecule has 78 valence electrons. The third-order valence-corrected chi connectivity index (χ3v) is 3.07. The SMILES string of the molecule is Cc1cc(-n2cccc2)c(N)c(C)c1C. The summed E-state index contributed by atoms with van der Waals surface area (Å²) in [6, 6.07) is 6.14. The van der Waals surface area contributed by atoms with Crippen molar-refractivity contribution < 1.29 is 0 Å². The van der Waals surface area contributed by atoms with Crippen LogP contribution in [0.15, 0.2) is 30.6 Å². The molecule has 0 atom stereocenters. The number of nitrogen functional groups attached to an aromatic ring is 1. The highest BCUT2D eigenvalue weighted by molar-refractivity contribution is 5.66. The Morgan fingerprint density at radius 3 is 2.20 bits per heavy atom. The second-order valence-corrected chi connectivity index (χ2v) is 3.97. The molecular weight excluding hydrogens is 184 g/mol. The van der Waals surface area contributed by atoms with Crippen LogP contribution in [0, 0.1) is 20.8 Å². The van der Waals surface area contributed by atoms with Crippen LogP contribution in [0.3, 0.4) is 0 Å². The third-order valence-electron chi connectivity index (χ3n) is 3.07. The fraction of sp³-hybridized carbons (Fsp3) is 0.231. The van der Waals surface area contributed by atoms with Gasteiger partial charge in [-0.2, -0.15) is 0 Å². The molecule has 0 aliphatic rings. The molecule has 0 fully saturated rings. The van der Waals surface area contributed by atoms with Gasteiger partial charge in [0.2, 0.25) is 0 Å². The molecule has 1 aromatic carbocycles. The van der Waals surface area contributed by atoms with Gasteiger partial charge in [0.05, 0.1) is 11.4 Å². The van der Waals surface area contributed by atoms with E-state index in [9.17, 15) is 0 Å². The van der Waals surface area contributed by atoms with Crippen molar-refractivity contribution in [1.82, 2.24) is 4.57 Å². The number of rotatable bonds is 1. The number of hydrogen-bond donors (Lipinski definition) is 1. The summed E-state index contributed by atoms with van der Waals surface area (Å²) < 4.78 is 2.05. The van der Waals surface area contributed by atoms with Gasteiger partial charge in [-0.3, -0.25) is 0 Å². The molecule has 0 bridgehead atoms. The topological polar surface area (TPSA) is 30.9 Å². The van der Waals surface area contributed by atoms with Crippen molar-refractivity contribution in [3.05, 3.63) is 47.3 Å². The zero-order valence-electron chi connectivity index (χ0n) is 9.41. The van der Waals surface area contributed by atoms with Crippen LogP contribution < -0.4 is 5.73 Å². The summed E-state index contributed by atoms with van der Waals surface area (Å²) in [6.07, 6.45) is 4.03. The molecule has 0 aliphatic heterocycles. The lowest BCUT2D eigenvalue weighted by Crippen LogP contribution is -2.03. The monoisotopic (exact) mass is 200 g/mol. The van der Waals surface area contributed by atoms with E-state index in [0.29, 0.717) is 0 Å². The minimum atomic E-state index is 0.870. The van der Waals surface area contributed by atoms with E-state index in [1.54, 1.807) is 0 Å². The summed E-state index contributed by atoms with van der Waals surface area (Å²) in [4.78, 5) is 0.